The first kappa shape index (κ1) is 16.5. The number of anilines is 1. The van der Waals surface area contributed by atoms with Gasteiger partial charge in [0.15, 0.2) is 11.6 Å². The Morgan fingerprint density at radius 1 is 1.32 bits per heavy atom. The lowest BCUT2D eigenvalue weighted by Crippen LogP contribution is -2.23. The van der Waals surface area contributed by atoms with Gasteiger partial charge in [0.2, 0.25) is 5.91 Å². The van der Waals surface area contributed by atoms with Crippen molar-refractivity contribution in [2.45, 2.75) is 30.9 Å². The molecule has 0 saturated carbocycles. The zero-order valence-electron chi connectivity index (χ0n) is 12.8. The zero-order valence-corrected chi connectivity index (χ0v) is 13.6. The minimum Gasteiger partial charge on any atom is -0.322 e. The van der Waals surface area contributed by atoms with Crippen LogP contribution in [0.25, 0.3) is 0 Å². The van der Waals surface area contributed by atoms with Crippen molar-refractivity contribution in [2.24, 2.45) is 7.05 Å². The summed E-state index contributed by atoms with van der Waals surface area (Å²) in [5.41, 5.74) is 2.28. The van der Waals surface area contributed by atoms with Gasteiger partial charge in [-0.05, 0) is 39.0 Å². The van der Waals surface area contributed by atoms with Crippen molar-refractivity contribution in [3.63, 3.8) is 0 Å². The van der Waals surface area contributed by atoms with E-state index in [1.807, 2.05) is 13.8 Å². The number of aryl methyl sites for hydroxylation is 2. The average Bonchev–Trinajstić information content (AvgIpc) is 2.69. The van der Waals surface area contributed by atoms with E-state index < -0.39 is 16.9 Å². The summed E-state index contributed by atoms with van der Waals surface area (Å²) in [6.45, 7) is 5.39. The maximum atomic E-state index is 13.2. The summed E-state index contributed by atoms with van der Waals surface area (Å²) in [6, 6.07) is 3.59. The van der Waals surface area contributed by atoms with Crippen LogP contribution in [0.1, 0.15) is 18.3 Å². The van der Waals surface area contributed by atoms with Crippen LogP contribution in [0, 0.1) is 25.5 Å². The van der Waals surface area contributed by atoms with Gasteiger partial charge >= 0.3 is 0 Å². The number of nitrogens with zero attached hydrogens (tertiary/aromatic N) is 2. The molecule has 1 heterocycles. The van der Waals surface area contributed by atoms with Crippen LogP contribution in [0.2, 0.25) is 0 Å². The highest BCUT2D eigenvalue weighted by Crippen LogP contribution is 2.26. The smallest absolute Gasteiger partial charge is 0.237 e. The number of carbonyl (C=O) groups excluding carboxylic acids is 1. The lowest BCUT2D eigenvalue weighted by molar-refractivity contribution is -0.115. The summed E-state index contributed by atoms with van der Waals surface area (Å²) in [6.07, 6.45) is 0. The van der Waals surface area contributed by atoms with Gasteiger partial charge in [0.05, 0.1) is 22.3 Å². The predicted molar refractivity (Wildman–Crippen MR) is 83.0 cm³/mol. The minimum atomic E-state index is -0.920. The largest absolute Gasteiger partial charge is 0.322 e. The third kappa shape index (κ3) is 3.47. The molecule has 7 heteroatoms. The van der Waals surface area contributed by atoms with E-state index in [1.165, 1.54) is 17.8 Å². The zero-order chi connectivity index (χ0) is 16.4. The SMILES string of the molecule is Cc1nn(C)c(C)c1NC(=O)[C@@H](C)Sc1ccc(F)c(F)c1. The van der Waals surface area contributed by atoms with Crippen LogP contribution in [0.5, 0.6) is 0 Å². The fourth-order valence-corrected chi connectivity index (χ4v) is 2.88. The van der Waals surface area contributed by atoms with E-state index in [-0.39, 0.29) is 5.91 Å². The third-order valence-corrected chi connectivity index (χ3v) is 4.42. The highest BCUT2D eigenvalue weighted by molar-refractivity contribution is 8.00. The fourth-order valence-electron chi connectivity index (χ4n) is 1.99. The Hall–Kier alpha value is -1.89. The second kappa shape index (κ2) is 6.48. The monoisotopic (exact) mass is 325 g/mol. The number of benzene rings is 1. The Morgan fingerprint density at radius 2 is 2.00 bits per heavy atom. The van der Waals surface area contributed by atoms with Gasteiger partial charge in [-0.2, -0.15) is 5.10 Å². The summed E-state index contributed by atoms with van der Waals surface area (Å²) in [4.78, 5) is 12.7. The van der Waals surface area contributed by atoms with Crippen molar-refractivity contribution in [3.8, 4) is 0 Å². The molecule has 0 saturated heterocycles. The molecular formula is C15H17F2N3OS. The Kier molecular flexibility index (Phi) is 4.85. The van der Waals surface area contributed by atoms with E-state index in [2.05, 4.69) is 10.4 Å². The number of amides is 1. The lowest BCUT2D eigenvalue weighted by atomic mass is 10.3. The molecule has 0 radical (unpaired) electrons. The van der Waals surface area contributed by atoms with Crippen molar-refractivity contribution in [1.82, 2.24) is 9.78 Å². The van der Waals surface area contributed by atoms with Crippen LogP contribution in [0.4, 0.5) is 14.5 Å². The van der Waals surface area contributed by atoms with Crippen molar-refractivity contribution in [2.75, 3.05) is 5.32 Å². The van der Waals surface area contributed by atoms with Gasteiger partial charge in [-0.25, -0.2) is 8.78 Å². The number of hydrogen-bond acceptors (Lipinski definition) is 3. The fraction of sp³-hybridized carbons (Fsp3) is 0.333. The predicted octanol–water partition coefficient (Wildman–Crippen LogP) is 3.43. The molecular weight excluding hydrogens is 308 g/mol. The quantitative estimate of drug-likeness (QED) is 0.876. The van der Waals surface area contributed by atoms with Gasteiger partial charge in [-0.15, -0.1) is 11.8 Å². The third-order valence-electron chi connectivity index (χ3n) is 3.33. The summed E-state index contributed by atoms with van der Waals surface area (Å²) < 4.78 is 27.8. The van der Waals surface area contributed by atoms with Gasteiger partial charge in [0.25, 0.3) is 0 Å². The van der Waals surface area contributed by atoms with E-state index in [9.17, 15) is 13.6 Å². The molecule has 1 aromatic carbocycles. The highest BCUT2D eigenvalue weighted by Gasteiger charge is 2.19. The van der Waals surface area contributed by atoms with Crippen LogP contribution >= 0.6 is 11.8 Å². The molecule has 1 amide bonds. The molecule has 1 aromatic heterocycles. The first-order valence-corrected chi connectivity index (χ1v) is 7.60. The molecule has 2 aromatic rings. The van der Waals surface area contributed by atoms with Gasteiger partial charge in [-0.1, -0.05) is 0 Å². The molecule has 4 nitrogen and oxygen atoms in total. The molecule has 0 aliphatic carbocycles. The maximum absolute atomic E-state index is 13.2. The van der Waals surface area contributed by atoms with Gasteiger partial charge < -0.3 is 5.32 Å². The Labute approximate surface area is 131 Å². The van der Waals surface area contributed by atoms with E-state index in [1.54, 1.807) is 18.7 Å². The molecule has 1 atom stereocenters. The number of carbonyl (C=O) groups is 1. The minimum absolute atomic E-state index is 0.214. The molecule has 0 aliphatic heterocycles. The van der Waals surface area contributed by atoms with Crippen molar-refractivity contribution < 1.29 is 13.6 Å². The molecule has 118 valence electrons. The molecule has 22 heavy (non-hydrogen) atoms. The molecule has 0 unspecified atom stereocenters. The van der Waals surface area contributed by atoms with Crippen molar-refractivity contribution >= 4 is 23.4 Å². The lowest BCUT2D eigenvalue weighted by Gasteiger charge is -2.12. The van der Waals surface area contributed by atoms with Crippen molar-refractivity contribution in [1.29, 1.82) is 0 Å². The normalized spacial score (nSPS) is 12.3. The number of nitrogens with one attached hydrogen (secondary N) is 1. The first-order valence-electron chi connectivity index (χ1n) is 6.72. The van der Waals surface area contributed by atoms with E-state index in [4.69, 9.17) is 0 Å². The van der Waals surface area contributed by atoms with E-state index in [0.29, 0.717) is 10.6 Å². The average molecular weight is 325 g/mol. The van der Waals surface area contributed by atoms with Crippen LogP contribution in [0.15, 0.2) is 23.1 Å². The number of thioether (sulfide) groups is 1. The molecule has 0 aliphatic rings. The topological polar surface area (TPSA) is 46.9 Å². The van der Waals surface area contributed by atoms with E-state index >= 15 is 0 Å². The number of halogens is 2. The first-order chi connectivity index (χ1) is 10.3. The molecule has 1 N–H and O–H groups in total. The standard InChI is InChI=1S/C15H17F2N3OS/c1-8-14(9(2)20(4)19-8)18-15(21)10(3)22-11-5-6-12(16)13(17)7-11/h5-7,10H,1-4H3,(H,18,21)/t10-/m1/s1. The van der Waals surface area contributed by atoms with Crippen LogP contribution < -0.4 is 5.32 Å². The molecule has 0 bridgehead atoms. The summed E-state index contributed by atoms with van der Waals surface area (Å²) in [5.74, 6) is -2.03. The van der Waals surface area contributed by atoms with Gasteiger partial charge in [0.1, 0.15) is 0 Å². The Morgan fingerprint density at radius 3 is 2.55 bits per heavy atom. The van der Waals surface area contributed by atoms with Crippen LogP contribution in [-0.2, 0) is 11.8 Å². The molecule has 0 spiro atoms. The van der Waals surface area contributed by atoms with Gasteiger partial charge in [-0.3, -0.25) is 9.48 Å². The number of hydrogen-bond donors (Lipinski definition) is 1. The van der Waals surface area contributed by atoms with Crippen LogP contribution in [0.3, 0.4) is 0 Å². The highest BCUT2D eigenvalue weighted by atomic mass is 32.2. The van der Waals surface area contributed by atoms with Gasteiger partial charge in [0, 0.05) is 11.9 Å². The number of aromatic nitrogens is 2. The molecule has 0 fully saturated rings. The number of rotatable bonds is 4. The Balaban J connectivity index is 2.07. The van der Waals surface area contributed by atoms with E-state index in [0.717, 1.165) is 23.5 Å². The summed E-state index contributed by atoms with van der Waals surface area (Å²) in [7, 11) is 1.80. The molecule has 2 rings (SSSR count). The summed E-state index contributed by atoms with van der Waals surface area (Å²) >= 11 is 1.17. The maximum Gasteiger partial charge on any atom is 0.237 e. The van der Waals surface area contributed by atoms with Crippen molar-refractivity contribution in [3.05, 3.63) is 41.2 Å². The second-order valence-corrected chi connectivity index (χ2v) is 6.41. The Bertz CT molecular complexity index is 715. The summed E-state index contributed by atoms with van der Waals surface area (Å²) in [5, 5.41) is 6.61. The second-order valence-electron chi connectivity index (χ2n) is 4.99. The van der Waals surface area contributed by atoms with Crippen LogP contribution in [-0.4, -0.2) is 20.9 Å².